The highest BCUT2D eigenvalue weighted by molar-refractivity contribution is 7.13. The lowest BCUT2D eigenvalue weighted by Gasteiger charge is -2.51. The Morgan fingerprint density at radius 1 is 1.09 bits per heavy atom. The minimum Gasteiger partial charge on any atom is -0.451 e. The van der Waals surface area contributed by atoms with Gasteiger partial charge in [-0.05, 0) is 42.0 Å². The summed E-state index contributed by atoms with van der Waals surface area (Å²) in [6, 6.07) is 10.8. The molecule has 2 fully saturated rings. The van der Waals surface area contributed by atoms with Crippen molar-refractivity contribution in [2.45, 2.75) is 37.5 Å². The summed E-state index contributed by atoms with van der Waals surface area (Å²) in [7, 11) is 1.14. The molecule has 10 nitrogen and oxygen atoms in total. The third-order valence-corrected chi connectivity index (χ3v) is 9.93. The summed E-state index contributed by atoms with van der Waals surface area (Å²) in [5, 5.41) is 1.99. The molecule has 1 saturated heterocycles. The smallest absolute Gasteiger partial charge is 0.451 e. The molecule has 1 saturated carbocycles. The number of halogens is 2. The van der Waals surface area contributed by atoms with Crippen molar-refractivity contribution in [3.63, 3.8) is 0 Å². The molecule has 4 heterocycles. The molecule has 2 bridgehead atoms. The van der Waals surface area contributed by atoms with Gasteiger partial charge >= 0.3 is 6.16 Å². The lowest BCUT2D eigenvalue weighted by Crippen LogP contribution is -2.64. The number of rotatable bonds is 4. The van der Waals surface area contributed by atoms with Crippen LogP contribution in [0, 0.1) is 17.6 Å². The second-order valence-corrected chi connectivity index (χ2v) is 12.0. The highest BCUT2D eigenvalue weighted by Gasteiger charge is 2.57. The predicted molar refractivity (Wildman–Crippen MR) is 154 cm³/mol. The van der Waals surface area contributed by atoms with E-state index >= 15 is 4.39 Å². The lowest BCUT2D eigenvalue weighted by atomic mass is 9.91. The van der Waals surface area contributed by atoms with Crippen LogP contribution in [0.15, 0.2) is 59.0 Å². The van der Waals surface area contributed by atoms with E-state index in [0.29, 0.717) is 16.1 Å². The minimum absolute atomic E-state index is 0.0477. The van der Waals surface area contributed by atoms with Crippen molar-refractivity contribution in [3.05, 3.63) is 92.9 Å². The first kappa shape index (κ1) is 26.8. The molecular weight excluding hydrogens is 594 g/mol. The summed E-state index contributed by atoms with van der Waals surface area (Å²) in [5.74, 6) is -2.58. The lowest BCUT2D eigenvalue weighted by molar-refractivity contribution is 0.0125. The number of amides is 1. The maximum absolute atomic E-state index is 15.9. The standard InChI is InChI=1S/C31H24F2N4O6S/c1-41-31(40)43-14-42-27-21(38)10-11-35-26(27)30(39)36-16-7-6-15(12-16)29(36)37(35)25-17-4-2-3-5-18(17)28-24(34-13-44-28)22-19(25)8-9-20(32)23(22)33/h2-5,8-11,13,15-16,25,29H,6-7,12,14H2,1H3. The average molecular weight is 619 g/mol. The van der Waals surface area contributed by atoms with Crippen molar-refractivity contribution < 1.29 is 32.6 Å². The number of hydrogen-bond acceptors (Lipinski definition) is 9. The quantitative estimate of drug-likeness (QED) is 0.232. The van der Waals surface area contributed by atoms with Crippen molar-refractivity contribution in [1.29, 1.82) is 0 Å². The van der Waals surface area contributed by atoms with E-state index in [0.717, 1.165) is 43.6 Å². The van der Waals surface area contributed by atoms with Gasteiger partial charge in [0.25, 0.3) is 5.91 Å². The number of aromatic nitrogens is 2. The summed E-state index contributed by atoms with van der Waals surface area (Å²) in [6.45, 7) is -0.660. The van der Waals surface area contributed by atoms with Gasteiger partial charge in [0.15, 0.2) is 17.3 Å². The third-order valence-electron chi connectivity index (χ3n) is 9.07. The number of ether oxygens (including phenoxy) is 3. The summed E-state index contributed by atoms with van der Waals surface area (Å²) < 4.78 is 47.4. The Morgan fingerprint density at radius 2 is 1.93 bits per heavy atom. The zero-order chi connectivity index (χ0) is 30.3. The van der Waals surface area contributed by atoms with E-state index in [1.165, 1.54) is 23.6 Å². The number of fused-ring (bicyclic) bond motifs is 11. The Bertz CT molecular complexity index is 1930. The van der Waals surface area contributed by atoms with Crippen LogP contribution in [0.2, 0.25) is 0 Å². The van der Waals surface area contributed by atoms with Crippen LogP contribution in [0.25, 0.3) is 21.7 Å². The maximum Gasteiger partial charge on any atom is 0.510 e. The molecule has 0 N–H and O–H groups in total. The van der Waals surface area contributed by atoms with Gasteiger partial charge in [-0.1, -0.05) is 30.3 Å². The number of piperidine rings is 1. The van der Waals surface area contributed by atoms with Crippen LogP contribution >= 0.6 is 11.3 Å². The van der Waals surface area contributed by atoms with Crippen molar-refractivity contribution >= 4 is 23.4 Å². The number of carbonyl (C=O) groups excluding carboxylic acids is 2. The van der Waals surface area contributed by atoms with Crippen LogP contribution in [0.5, 0.6) is 5.75 Å². The predicted octanol–water partition coefficient (Wildman–Crippen LogP) is 5.04. The second-order valence-electron chi connectivity index (χ2n) is 11.1. The van der Waals surface area contributed by atoms with E-state index < -0.39 is 48.1 Å². The van der Waals surface area contributed by atoms with Gasteiger partial charge in [0.1, 0.15) is 6.17 Å². The van der Waals surface area contributed by atoms with Crippen LogP contribution in [0.4, 0.5) is 13.6 Å². The van der Waals surface area contributed by atoms with Gasteiger partial charge in [0, 0.05) is 29.8 Å². The summed E-state index contributed by atoms with van der Waals surface area (Å²) in [5.41, 5.74) is 3.48. The van der Waals surface area contributed by atoms with Gasteiger partial charge in [0.05, 0.1) is 29.2 Å². The fourth-order valence-electron chi connectivity index (χ4n) is 7.39. The molecule has 4 unspecified atom stereocenters. The van der Waals surface area contributed by atoms with Crippen LogP contribution in [-0.4, -0.2) is 52.7 Å². The zero-order valence-electron chi connectivity index (χ0n) is 23.2. The van der Waals surface area contributed by atoms with E-state index in [4.69, 9.17) is 9.47 Å². The van der Waals surface area contributed by atoms with Crippen molar-refractivity contribution in [2.24, 2.45) is 5.92 Å². The average Bonchev–Trinajstić information content (AvgIpc) is 3.78. The summed E-state index contributed by atoms with van der Waals surface area (Å²) >= 11 is 1.34. The van der Waals surface area contributed by atoms with Gasteiger partial charge in [0.2, 0.25) is 18.0 Å². The Morgan fingerprint density at radius 3 is 2.77 bits per heavy atom. The minimum atomic E-state index is -1.01. The van der Waals surface area contributed by atoms with E-state index in [1.54, 1.807) is 21.2 Å². The first-order valence-corrected chi connectivity index (χ1v) is 15.0. The Hall–Kier alpha value is -4.78. The fourth-order valence-corrected chi connectivity index (χ4v) is 8.23. The molecule has 8 rings (SSSR count). The molecule has 13 heteroatoms. The van der Waals surface area contributed by atoms with Crippen molar-refractivity contribution in [1.82, 2.24) is 14.6 Å². The fraction of sp³-hybridized carbons (Fsp3) is 0.290. The van der Waals surface area contributed by atoms with Crippen molar-refractivity contribution in [3.8, 4) is 27.4 Å². The van der Waals surface area contributed by atoms with E-state index in [2.05, 4.69) is 9.72 Å². The number of benzene rings is 2. The Kier molecular flexibility index (Phi) is 6.02. The zero-order valence-corrected chi connectivity index (χ0v) is 24.1. The molecule has 2 aromatic heterocycles. The number of hydrogen-bond donors (Lipinski definition) is 0. The molecule has 0 spiro atoms. The molecule has 4 aliphatic rings. The number of pyridine rings is 1. The van der Waals surface area contributed by atoms with Crippen LogP contribution in [-0.2, 0) is 9.47 Å². The molecule has 4 aromatic rings. The van der Waals surface area contributed by atoms with Crippen LogP contribution in [0.1, 0.15) is 46.9 Å². The number of methoxy groups -OCH3 is 1. The highest BCUT2D eigenvalue weighted by atomic mass is 32.1. The maximum atomic E-state index is 15.9. The highest BCUT2D eigenvalue weighted by Crippen LogP contribution is 2.53. The van der Waals surface area contributed by atoms with E-state index in [-0.39, 0.29) is 29.0 Å². The van der Waals surface area contributed by atoms with Crippen LogP contribution in [0.3, 0.4) is 0 Å². The van der Waals surface area contributed by atoms with Gasteiger partial charge in [-0.15, -0.1) is 11.3 Å². The normalized spacial score (nSPS) is 22.4. The summed E-state index contributed by atoms with van der Waals surface area (Å²) in [4.78, 5) is 46.0. The Balaban J connectivity index is 1.40. The number of thiazole rings is 1. The van der Waals surface area contributed by atoms with Crippen LogP contribution < -0.4 is 15.2 Å². The Labute approximate surface area is 253 Å². The molecular formula is C31H24F2N4O6S. The van der Waals surface area contributed by atoms with Crippen molar-refractivity contribution in [2.75, 3.05) is 18.9 Å². The molecule has 2 aliphatic heterocycles. The molecule has 2 aromatic carbocycles. The first-order valence-electron chi connectivity index (χ1n) is 14.1. The van der Waals surface area contributed by atoms with Gasteiger partial charge in [-0.25, -0.2) is 18.6 Å². The summed E-state index contributed by atoms with van der Waals surface area (Å²) in [6.07, 6.45) is 2.50. The molecule has 2 aliphatic carbocycles. The largest absolute Gasteiger partial charge is 0.510 e. The number of carbonyl (C=O) groups is 2. The molecule has 1 amide bonds. The molecule has 224 valence electrons. The third kappa shape index (κ3) is 3.68. The monoisotopic (exact) mass is 618 g/mol. The molecule has 44 heavy (non-hydrogen) atoms. The first-order chi connectivity index (χ1) is 21.4. The van der Waals surface area contributed by atoms with Gasteiger partial charge in [-0.3, -0.25) is 19.3 Å². The molecule has 4 atom stereocenters. The topological polar surface area (TPSA) is 103 Å². The number of nitrogens with zero attached hydrogens (tertiary/aromatic N) is 4. The van der Waals surface area contributed by atoms with Gasteiger partial charge < -0.3 is 19.1 Å². The SMILES string of the molecule is COC(=O)OCOc1c2n(ccc1=O)N(C1c3ccccc3-c3scnc3-c3c1ccc(F)c3F)C1C3CCC(C3)N1C2=O. The van der Waals surface area contributed by atoms with E-state index in [9.17, 15) is 18.8 Å². The van der Waals surface area contributed by atoms with Gasteiger partial charge in [-0.2, -0.15) is 0 Å². The second kappa shape index (κ2) is 9.88. The van der Waals surface area contributed by atoms with E-state index in [1.807, 2.05) is 29.3 Å². The molecule has 0 radical (unpaired) electrons.